The van der Waals surface area contributed by atoms with Gasteiger partial charge in [0.05, 0.1) is 20.3 Å². The Morgan fingerprint density at radius 1 is 1.16 bits per heavy atom. The Morgan fingerprint density at radius 2 is 1.92 bits per heavy atom. The predicted octanol–water partition coefficient (Wildman–Crippen LogP) is 3.17. The fourth-order valence-corrected chi connectivity index (χ4v) is 4.76. The first-order chi connectivity index (χ1) is 12.0. The average Bonchev–Trinajstić information content (AvgIpc) is 3.20. The summed E-state index contributed by atoms with van der Waals surface area (Å²) in [6.45, 7) is 0. The van der Waals surface area contributed by atoms with Crippen LogP contribution < -0.4 is 4.72 Å². The minimum Gasteiger partial charge on any atom is -0.465 e. The molecule has 2 aromatic rings. The molecule has 0 radical (unpaired) electrons. The number of ketones is 1. The summed E-state index contributed by atoms with van der Waals surface area (Å²) in [5.41, 5.74) is 0. The normalized spacial score (nSPS) is 20.0. The molecule has 25 heavy (non-hydrogen) atoms. The van der Waals surface area contributed by atoms with Crippen LogP contribution in [-0.2, 0) is 14.8 Å². The van der Waals surface area contributed by atoms with Crippen molar-refractivity contribution in [2.24, 2.45) is 0 Å². The Hall–Kier alpha value is -2.00. The first-order valence-corrected chi connectivity index (χ1v) is 9.93. The van der Waals surface area contributed by atoms with Crippen LogP contribution >= 0.6 is 24.0 Å². The molecule has 8 heteroatoms. The van der Waals surface area contributed by atoms with Crippen molar-refractivity contribution in [3.8, 4) is 0 Å². The van der Waals surface area contributed by atoms with E-state index in [1.807, 2.05) is 0 Å². The average molecular weight is 391 g/mol. The molecule has 0 aliphatic carbocycles. The molecule has 128 valence electrons. The number of Topliss-reactive ketones (excluding diaryl/α,β-unsaturated/α-hetero) is 1. The van der Waals surface area contributed by atoms with Gasteiger partial charge in [0.25, 0.3) is 0 Å². The minimum atomic E-state index is -3.82. The van der Waals surface area contributed by atoms with Gasteiger partial charge in [-0.1, -0.05) is 48.3 Å². The molecule has 1 aliphatic rings. The van der Waals surface area contributed by atoms with E-state index in [4.69, 9.17) is 16.6 Å². The van der Waals surface area contributed by atoms with Crippen LogP contribution in [0.4, 0.5) is 0 Å². The van der Waals surface area contributed by atoms with Crippen molar-refractivity contribution in [1.82, 2.24) is 4.72 Å². The molecule has 0 amide bonds. The number of rotatable bonds is 5. The van der Waals surface area contributed by atoms with Crippen LogP contribution in [0, 0.1) is 0 Å². The molecule has 1 fully saturated rings. The molecule has 1 unspecified atom stereocenters. The number of benzene rings is 1. The molecular formula is C17H13NO4S3. The number of sulfonamides is 1. The fraction of sp³-hybridized carbons (Fsp3) is 0.0588. The minimum absolute atomic E-state index is 0.0887. The summed E-state index contributed by atoms with van der Waals surface area (Å²) >= 11 is 6.26. The maximum Gasteiger partial charge on any atom is 0.241 e. The van der Waals surface area contributed by atoms with Crippen LogP contribution in [0.25, 0.3) is 6.08 Å². The Kier molecular flexibility index (Phi) is 5.33. The van der Waals surface area contributed by atoms with Gasteiger partial charge >= 0.3 is 0 Å². The zero-order valence-electron chi connectivity index (χ0n) is 12.8. The Balaban J connectivity index is 1.75. The Bertz CT molecular complexity index is 945. The van der Waals surface area contributed by atoms with Gasteiger partial charge in [-0.15, -0.1) is 0 Å². The van der Waals surface area contributed by atoms with Gasteiger partial charge in [0.1, 0.15) is 11.8 Å². The van der Waals surface area contributed by atoms with Gasteiger partial charge in [-0.2, -0.15) is 4.72 Å². The van der Waals surface area contributed by atoms with Gasteiger partial charge in [0, 0.05) is 0 Å². The molecule has 5 nitrogen and oxygen atoms in total. The van der Waals surface area contributed by atoms with E-state index in [9.17, 15) is 13.2 Å². The standard InChI is InChI=1S/C17H13NO4S3/c19-16-14(10-4-6-12-7-5-11-22-12)24-17(23)15(16)18-25(20,21)13-8-2-1-3-9-13/h1-11,15,18H/b6-4+,14-10+. The van der Waals surface area contributed by atoms with Crippen LogP contribution in [0.1, 0.15) is 5.76 Å². The third kappa shape index (κ3) is 4.16. The molecular weight excluding hydrogens is 378 g/mol. The Morgan fingerprint density at radius 3 is 2.60 bits per heavy atom. The van der Waals surface area contributed by atoms with Crippen molar-refractivity contribution in [3.63, 3.8) is 0 Å². The molecule has 2 heterocycles. The van der Waals surface area contributed by atoms with Gasteiger partial charge < -0.3 is 4.42 Å². The highest BCUT2D eigenvalue weighted by Crippen LogP contribution is 2.31. The Labute approximate surface area is 154 Å². The lowest BCUT2D eigenvalue weighted by Crippen LogP contribution is -2.41. The molecule has 3 rings (SSSR count). The smallest absolute Gasteiger partial charge is 0.241 e. The molecule has 1 aromatic carbocycles. The van der Waals surface area contributed by atoms with E-state index in [-0.39, 0.29) is 14.9 Å². The van der Waals surface area contributed by atoms with Crippen molar-refractivity contribution in [1.29, 1.82) is 0 Å². The van der Waals surface area contributed by atoms with E-state index in [0.717, 1.165) is 11.8 Å². The van der Waals surface area contributed by atoms with Crippen molar-refractivity contribution >= 4 is 50.1 Å². The molecule has 1 atom stereocenters. The summed E-state index contributed by atoms with van der Waals surface area (Å²) < 4.78 is 32.6. The van der Waals surface area contributed by atoms with Gasteiger partial charge in [0.15, 0.2) is 5.78 Å². The van der Waals surface area contributed by atoms with Gasteiger partial charge in [0.2, 0.25) is 10.0 Å². The van der Waals surface area contributed by atoms with E-state index < -0.39 is 16.1 Å². The molecule has 1 aromatic heterocycles. The predicted molar refractivity (Wildman–Crippen MR) is 102 cm³/mol. The van der Waals surface area contributed by atoms with Crippen LogP contribution in [0.2, 0.25) is 0 Å². The quantitative estimate of drug-likeness (QED) is 0.623. The monoisotopic (exact) mass is 391 g/mol. The largest absolute Gasteiger partial charge is 0.465 e. The maximum absolute atomic E-state index is 12.5. The van der Waals surface area contributed by atoms with Gasteiger partial charge in [-0.3, -0.25) is 4.79 Å². The lowest BCUT2D eigenvalue weighted by Gasteiger charge is -2.11. The summed E-state index contributed by atoms with van der Waals surface area (Å²) in [6, 6.07) is 10.3. The highest BCUT2D eigenvalue weighted by Gasteiger charge is 2.37. The summed E-state index contributed by atoms with van der Waals surface area (Å²) in [4.78, 5) is 12.9. The summed E-state index contributed by atoms with van der Waals surface area (Å²) in [5, 5.41) is 0. The highest BCUT2D eigenvalue weighted by molar-refractivity contribution is 8.27. The lowest BCUT2D eigenvalue weighted by molar-refractivity contribution is -0.114. The van der Waals surface area contributed by atoms with Crippen molar-refractivity contribution in [3.05, 3.63) is 71.5 Å². The van der Waals surface area contributed by atoms with Crippen LogP contribution in [-0.4, -0.2) is 24.4 Å². The molecule has 0 spiro atoms. The number of nitrogens with one attached hydrogen (secondary N) is 1. The maximum atomic E-state index is 12.5. The van der Waals surface area contributed by atoms with E-state index in [1.165, 1.54) is 12.1 Å². The van der Waals surface area contributed by atoms with Crippen LogP contribution in [0.5, 0.6) is 0 Å². The summed E-state index contributed by atoms with van der Waals surface area (Å²) in [6.07, 6.45) is 6.51. The SMILES string of the molecule is O=C1/C(=C\C=C\c2ccco2)SC(=S)C1NS(=O)(=O)c1ccccc1. The molecule has 1 N–H and O–H groups in total. The van der Waals surface area contributed by atoms with E-state index in [1.54, 1.807) is 54.8 Å². The van der Waals surface area contributed by atoms with E-state index in [0.29, 0.717) is 10.7 Å². The zero-order valence-corrected chi connectivity index (χ0v) is 15.2. The van der Waals surface area contributed by atoms with Crippen molar-refractivity contribution in [2.45, 2.75) is 10.9 Å². The number of thiocarbonyl (C=S) groups is 1. The lowest BCUT2D eigenvalue weighted by atomic mass is 10.2. The number of carbonyl (C=O) groups excluding carboxylic acids is 1. The second-order valence-electron chi connectivity index (χ2n) is 5.06. The number of furan rings is 1. The highest BCUT2D eigenvalue weighted by atomic mass is 32.2. The molecule has 1 aliphatic heterocycles. The van der Waals surface area contributed by atoms with Crippen molar-refractivity contribution in [2.75, 3.05) is 0 Å². The fourth-order valence-electron chi connectivity index (χ4n) is 2.12. The van der Waals surface area contributed by atoms with Gasteiger partial charge in [-0.05, 0) is 36.4 Å². The van der Waals surface area contributed by atoms with Crippen LogP contribution in [0.15, 0.2) is 75.1 Å². The number of allylic oxidation sites excluding steroid dienone is 2. The van der Waals surface area contributed by atoms with Crippen LogP contribution in [0.3, 0.4) is 0 Å². The second kappa shape index (κ2) is 7.49. The number of hydrogen-bond acceptors (Lipinski definition) is 6. The number of thioether (sulfide) groups is 1. The van der Waals surface area contributed by atoms with E-state index in [2.05, 4.69) is 4.72 Å². The summed E-state index contributed by atoms with van der Waals surface area (Å²) in [7, 11) is -3.82. The summed E-state index contributed by atoms with van der Waals surface area (Å²) in [5.74, 6) is 0.287. The second-order valence-corrected chi connectivity index (χ2v) is 8.55. The third-order valence-corrected chi connectivity index (χ3v) is 6.25. The molecule has 1 saturated heterocycles. The number of hydrogen-bond donors (Lipinski definition) is 1. The van der Waals surface area contributed by atoms with E-state index >= 15 is 0 Å². The van der Waals surface area contributed by atoms with Crippen molar-refractivity contribution < 1.29 is 17.6 Å². The van der Waals surface area contributed by atoms with Gasteiger partial charge in [-0.25, -0.2) is 8.42 Å². The number of carbonyl (C=O) groups is 1. The molecule has 0 saturated carbocycles. The zero-order chi connectivity index (χ0) is 17.9. The third-order valence-electron chi connectivity index (χ3n) is 3.33. The first-order valence-electron chi connectivity index (χ1n) is 7.22. The molecule has 0 bridgehead atoms. The first kappa shape index (κ1) is 17.8. The topological polar surface area (TPSA) is 76.4 Å².